The molecule has 134 valence electrons. The summed E-state index contributed by atoms with van der Waals surface area (Å²) in [5, 5.41) is 11.5. The van der Waals surface area contributed by atoms with Crippen molar-refractivity contribution in [2.75, 3.05) is 7.11 Å². The van der Waals surface area contributed by atoms with Crippen LogP contribution in [0.25, 0.3) is 10.9 Å². The van der Waals surface area contributed by atoms with Crippen molar-refractivity contribution in [1.82, 2.24) is 4.57 Å². The van der Waals surface area contributed by atoms with Crippen molar-refractivity contribution in [3.05, 3.63) is 77.0 Å². The topological polar surface area (TPSA) is 51.5 Å². The van der Waals surface area contributed by atoms with Gasteiger partial charge in [0.2, 0.25) is 0 Å². The number of aliphatic hydroxyl groups excluding tert-OH is 1. The number of ether oxygens (including phenoxy) is 1. The standard InChI is InChI=1S/C21H20ClNO3/c1-4-16(24)11-18-13(2)23(20-10-9-17(26-3)12-19(18)20)21(25)14-5-7-15(22)8-6-14/h4-10,12,16,24H,1,11H2,2-3H3. The molecule has 0 spiro atoms. The van der Waals surface area contributed by atoms with Crippen LogP contribution in [0.15, 0.2) is 55.1 Å². The van der Waals surface area contributed by atoms with E-state index in [4.69, 9.17) is 16.3 Å². The number of carbonyl (C=O) groups excluding carboxylic acids is 1. The van der Waals surface area contributed by atoms with Crippen molar-refractivity contribution in [3.63, 3.8) is 0 Å². The zero-order valence-electron chi connectivity index (χ0n) is 14.7. The summed E-state index contributed by atoms with van der Waals surface area (Å²) in [6, 6.07) is 12.4. The largest absolute Gasteiger partial charge is 0.497 e. The quantitative estimate of drug-likeness (QED) is 0.678. The summed E-state index contributed by atoms with van der Waals surface area (Å²) in [6.45, 7) is 5.52. The van der Waals surface area contributed by atoms with Gasteiger partial charge in [0.15, 0.2) is 0 Å². The lowest BCUT2D eigenvalue weighted by molar-refractivity contribution is 0.0962. The fourth-order valence-corrected chi connectivity index (χ4v) is 3.25. The van der Waals surface area contributed by atoms with Gasteiger partial charge in [-0.15, -0.1) is 6.58 Å². The van der Waals surface area contributed by atoms with Gasteiger partial charge >= 0.3 is 0 Å². The Morgan fingerprint density at radius 1 is 1.31 bits per heavy atom. The van der Waals surface area contributed by atoms with Gasteiger partial charge in [-0.2, -0.15) is 0 Å². The number of aliphatic hydroxyl groups is 1. The Balaban J connectivity index is 2.21. The molecular formula is C21H20ClNO3. The summed E-state index contributed by atoms with van der Waals surface area (Å²) >= 11 is 5.93. The zero-order chi connectivity index (χ0) is 18.8. The number of nitrogens with zero attached hydrogens (tertiary/aromatic N) is 1. The monoisotopic (exact) mass is 369 g/mol. The van der Waals surface area contributed by atoms with E-state index in [9.17, 15) is 9.90 Å². The molecule has 0 amide bonds. The lowest BCUT2D eigenvalue weighted by Crippen LogP contribution is -2.14. The maximum atomic E-state index is 13.1. The number of aromatic nitrogens is 1. The smallest absolute Gasteiger partial charge is 0.262 e. The second kappa shape index (κ2) is 7.36. The minimum absolute atomic E-state index is 0.145. The zero-order valence-corrected chi connectivity index (χ0v) is 15.5. The van der Waals surface area contributed by atoms with Crippen molar-refractivity contribution in [3.8, 4) is 5.75 Å². The first kappa shape index (κ1) is 18.2. The third-order valence-corrected chi connectivity index (χ3v) is 4.77. The molecule has 0 aliphatic rings. The molecule has 0 fully saturated rings. The SMILES string of the molecule is C=CC(O)Cc1c(C)n(C(=O)c2ccc(Cl)cc2)c2ccc(OC)cc12. The van der Waals surface area contributed by atoms with Crippen molar-refractivity contribution in [2.45, 2.75) is 19.4 Å². The van der Waals surface area contributed by atoms with Crippen LogP contribution in [0.3, 0.4) is 0 Å². The Hall–Kier alpha value is -2.56. The molecule has 0 saturated carbocycles. The first-order valence-corrected chi connectivity index (χ1v) is 8.63. The predicted molar refractivity (Wildman–Crippen MR) is 104 cm³/mol. The minimum atomic E-state index is -0.690. The molecule has 5 heteroatoms. The summed E-state index contributed by atoms with van der Waals surface area (Å²) in [5.74, 6) is 0.552. The number of carbonyl (C=O) groups is 1. The summed E-state index contributed by atoms with van der Waals surface area (Å²) < 4.78 is 6.99. The Morgan fingerprint density at radius 2 is 2.00 bits per heavy atom. The van der Waals surface area contributed by atoms with E-state index in [1.807, 2.05) is 25.1 Å². The summed E-state index contributed by atoms with van der Waals surface area (Å²) in [4.78, 5) is 13.1. The van der Waals surface area contributed by atoms with Crippen LogP contribution in [0.2, 0.25) is 5.02 Å². The van der Waals surface area contributed by atoms with Crippen LogP contribution in [0.5, 0.6) is 5.75 Å². The van der Waals surface area contributed by atoms with Gasteiger partial charge in [0.05, 0.1) is 18.7 Å². The Kier molecular flexibility index (Phi) is 5.16. The van der Waals surface area contributed by atoms with Gasteiger partial charge < -0.3 is 9.84 Å². The predicted octanol–water partition coefficient (Wildman–Crippen LogP) is 4.39. The first-order chi connectivity index (χ1) is 12.5. The molecule has 2 aromatic carbocycles. The second-order valence-electron chi connectivity index (χ2n) is 6.10. The van der Waals surface area contributed by atoms with Crippen molar-refractivity contribution >= 4 is 28.4 Å². The molecule has 1 unspecified atom stereocenters. The molecule has 4 nitrogen and oxygen atoms in total. The van der Waals surface area contributed by atoms with E-state index in [0.29, 0.717) is 22.8 Å². The number of methoxy groups -OCH3 is 1. The van der Waals surface area contributed by atoms with Crippen LogP contribution in [-0.2, 0) is 6.42 Å². The van der Waals surface area contributed by atoms with Crippen molar-refractivity contribution in [2.24, 2.45) is 0 Å². The normalized spacial score (nSPS) is 12.2. The molecule has 0 saturated heterocycles. The highest BCUT2D eigenvalue weighted by Gasteiger charge is 2.21. The van der Waals surface area contributed by atoms with Gasteiger partial charge in [0.1, 0.15) is 5.75 Å². The highest BCUT2D eigenvalue weighted by molar-refractivity contribution is 6.30. The fourth-order valence-electron chi connectivity index (χ4n) is 3.12. The molecule has 0 aliphatic carbocycles. The summed E-state index contributed by atoms with van der Waals surface area (Å²) in [5.41, 5.74) is 3.00. The van der Waals surface area contributed by atoms with Crippen LogP contribution in [0.1, 0.15) is 21.6 Å². The molecule has 0 aliphatic heterocycles. The lowest BCUT2D eigenvalue weighted by atomic mass is 10.0. The van der Waals surface area contributed by atoms with Gasteiger partial charge in [-0.3, -0.25) is 9.36 Å². The van der Waals surface area contributed by atoms with E-state index in [0.717, 1.165) is 22.2 Å². The Bertz CT molecular complexity index is 973. The van der Waals surface area contributed by atoms with E-state index in [1.165, 1.54) is 6.08 Å². The van der Waals surface area contributed by atoms with Gasteiger partial charge in [0.25, 0.3) is 5.91 Å². The first-order valence-electron chi connectivity index (χ1n) is 8.25. The third-order valence-electron chi connectivity index (χ3n) is 4.52. The summed E-state index contributed by atoms with van der Waals surface area (Å²) in [6.07, 6.45) is 1.17. The molecule has 1 aromatic heterocycles. The van der Waals surface area contributed by atoms with Crippen molar-refractivity contribution < 1.29 is 14.6 Å². The van der Waals surface area contributed by atoms with Crippen LogP contribution in [-0.4, -0.2) is 28.8 Å². The highest BCUT2D eigenvalue weighted by Crippen LogP contribution is 2.31. The van der Waals surface area contributed by atoms with Gasteiger partial charge in [-0.05, 0) is 55.0 Å². The second-order valence-corrected chi connectivity index (χ2v) is 6.54. The highest BCUT2D eigenvalue weighted by atomic mass is 35.5. The van der Waals surface area contributed by atoms with Gasteiger partial charge in [-0.1, -0.05) is 17.7 Å². The number of benzene rings is 2. The van der Waals surface area contributed by atoms with Crippen molar-refractivity contribution in [1.29, 1.82) is 0 Å². The maximum Gasteiger partial charge on any atom is 0.262 e. The van der Waals surface area contributed by atoms with Crippen LogP contribution in [0, 0.1) is 6.92 Å². The lowest BCUT2D eigenvalue weighted by Gasteiger charge is -2.09. The van der Waals surface area contributed by atoms with E-state index in [-0.39, 0.29) is 5.91 Å². The van der Waals surface area contributed by atoms with E-state index in [2.05, 4.69) is 6.58 Å². The number of halogens is 1. The fraction of sp³-hybridized carbons (Fsp3) is 0.190. The molecule has 3 rings (SSSR count). The van der Waals surface area contributed by atoms with Crippen LogP contribution in [0.4, 0.5) is 0 Å². The molecule has 1 atom stereocenters. The molecule has 26 heavy (non-hydrogen) atoms. The molecule has 3 aromatic rings. The average molecular weight is 370 g/mol. The molecule has 1 N–H and O–H groups in total. The number of rotatable bonds is 5. The molecule has 0 radical (unpaired) electrons. The van der Waals surface area contributed by atoms with E-state index < -0.39 is 6.10 Å². The van der Waals surface area contributed by atoms with Crippen LogP contribution >= 0.6 is 11.6 Å². The Morgan fingerprint density at radius 3 is 2.62 bits per heavy atom. The molecule has 1 heterocycles. The number of hydrogen-bond donors (Lipinski definition) is 1. The Labute approximate surface area is 157 Å². The maximum absolute atomic E-state index is 13.1. The third kappa shape index (κ3) is 3.26. The van der Waals surface area contributed by atoms with E-state index >= 15 is 0 Å². The molecular weight excluding hydrogens is 350 g/mol. The average Bonchev–Trinajstić information content (AvgIpc) is 2.92. The summed E-state index contributed by atoms with van der Waals surface area (Å²) in [7, 11) is 1.60. The minimum Gasteiger partial charge on any atom is -0.497 e. The number of hydrogen-bond acceptors (Lipinski definition) is 3. The number of fused-ring (bicyclic) bond motifs is 1. The van der Waals surface area contributed by atoms with Crippen LogP contribution < -0.4 is 4.74 Å². The molecule has 0 bridgehead atoms. The van der Waals surface area contributed by atoms with Gasteiger partial charge in [0, 0.05) is 28.1 Å². The van der Waals surface area contributed by atoms with Gasteiger partial charge in [-0.25, -0.2) is 0 Å². The van der Waals surface area contributed by atoms with E-state index in [1.54, 1.807) is 35.9 Å².